The van der Waals surface area contributed by atoms with E-state index in [9.17, 15) is 0 Å². The summed E-state index contributed by atoms with van der Waals surface area (Å²) >= 11 is 0. The zero-order valence-electron chi connectivity index (χ0n) is 14.8. The van der Waals surface area contributed by atoms with Gasteiger partial charge in [0.1, 0.15) is 0 Å². The Morgan fingerprint density at radius 3 is 2.83 bits per heavy atom. The SMILES string of the molecule is Cc1nnc([C@]23COC[C@H]2CN(Cc2cnn(C(C)(C)C)c2)C3)o1. The number of nitrogens with zero attached hydrogens (tertiary/aromatic N) is 5. The molecular weight excluding hydrogens is 306 g/mol. The topological polar surface area (TPSA) is 69.2 Å². The van der Waals surface area contributed by atoms with Gasteiger partial charge in [0, 0.05) is 44.2 Å². The second-order valence-electron chi connectivity index (χ2n) is 8.13. The highest BCUT2D eigenvalue weighted by Gasteiger charge is 2.55. The molecule has 7 nitrogen and oxygen atoms in total. The van der Waals surface area contributed by atoms with Crippen LogP contribution in [0.5, 0.6) is 0 Å². The van der Waals surface area contributed by atoms with E-state index in [-0.39, 0.29) is 11.0 Å². The van der Waals surface area contributed by atoms with Gasteiger partial charge in [0.05, 0.1) is 30.4 Å². The molecule has 0 unspecified atom stereocenters. The van der Waals surface area contributed by atoms with Crippen LogP contribution in [-0.2, 0) is 22.2 Å². The molecule has 0 saturated carbocycles. The third-order valence-electron chi connectivity index (χ3n) is 5.13. The van der Waals surface area contributed by atoms with Gasteiger partial charge < -0.3 is 9.15 Å². The quantitative estimate of drug-likeness (QED) is 0.853. The van der Waals surface area contributed by atoms with E-state index >= 15 is 0 Å². The molecule has 0 spiro atoms. The first-order valence-corrected chi connectivity index (χ1v) is 8.51. The highest BCUT2D eigenvalue weighted by molar-refractivity contribution is 5.17. The van der Waals surface area contributed by atoms with Crippen LogP contribution in [0.4, 0.5) is 0 Å². The van der Waals surface area contributed by atoms with Crippen LogP contribution >= 0.6 is 0 Å². The number of ether oxygens (including phenoxy) is 1. The number of likely N-dealkylation sites (tertiary alicyclic amines) is 1. The lowest BCUT2D eigenvalue weighted by Gasteiger charge is -2.23. The Labute approximate surface area is 142 Å². The summed E-state index contributed by atoms with van der Waals surface area (Å²) in [6, 6.07) is 0. The first-order valence-electron chi connectivity index (χ1n) is 8.51. The molecule has 0 aliphatic carbocycles. The second kappa shape index (κ2) is 5.39. The van der Waals surface area contributed by atoms with Gasteiger partial charge in [-0.3, -0.25) is 9.58 Å². The van der Waals surface area contributed by atoms with Gasteiger partial charge in [-0.25, -0.2) is 0 Å². The third kappa shape index (κ3) is 2.56. The fraction of sp³-hybridized carbons (Fsp3) is 0.706. The van der Waals surface area contributed by atoms with Crippen LogP contribution in [0.2, 0.25) is 0 Å². The monoisotopic (exact) mass is 331 g/mol. The Balaban J connectivity index is 1.52. The van der Waals surface area contributed by atoms with E-state index in [2.05, 4.69) is 47.2 Å². The van der Waals surface area contributed by atoms with Gasteiger partial charge in [0.15, 0.2) is 0 Å². The van der Waals surface area contributed by atoms with Crippen LogP contribution in [0.15, 0.2) is 16.8 Å². The number of aryl methyl sites for hydroxylation is 1. The Bertz CT molecular complexity index is 731. The molecule has 0 N–H and O–H groups in total. The molecular formula is C17H25N5O2. The maximum absolute atomic E-state index is 5.77. The summed E-state index contributed by atoms with van der Waals surface area (Å²) in [6.45, 7) is 12.5. The predicted octanol–water partition coefficient (Wildman–Crippen LogP) is 1.73. The molecule has 2 aliphatic rings. The van der Waals surface area contributed by atoms with Crippen molar-refractivity contribution in [3.8, 4) is 0 Å². The molecule has 0 amide bonds. The number of rotatable bonds is 3. The Kier molecular flexibility index (Phi) is 3.54. The van der Waals surface area contributed by atoms with Crippen molar-refractivity contribution < 1.29 is 9.15 Å². The van der Waals surface area contributed by atoms with Crippen molar-refractivity contribution in [1.82, 2.24) is 24.9 Å². The molecule has 2 fully saturated rings. The van der Waals surface area contributed by atoms with Gasteiger partial charge >= 0.3 is 0 Å². The number of hydrogen-bond acceptors (Lipinski definition) is 6. The van der Waals surface area contributed by atoms with Gasteiger partial charge in [-0.1, -0.05) is 0 Å². The molecule has 24 heavy (non-hydrogen) atoms. The molecule has 2 aromatic heterocycles. The fourth-order valence-corrected chi connectivity index (χ4v) is 3.83. The lowest BCUT2D eigenvalue weighted by Crippen LogP contribution is -2.35. The maximum atomic E-state index is 5.77. The molecule has 130 valence electrons. The van der Waals surface area contributed by atoms with Crippen molar-refractivity contribution in [3.05, 3.63) is 29.7 Å². The van der Waals surface area contributed by atoms with Crippen molar-refractivity contribution in [1.29, 1.82) is 0 Å². The van der Waals surface area contributed by atoms with Crippen molar-refractivity contribution in [2.24, 2.45) is 5.92 Å². The molecule has 2 aliphatic heterocycles. The van der Waals surface area contributed by atoms with E-state index in [0.717, 1.165) is 32.1 Å². The van der Waals surface area contributed by atoms with Crippen molar-refractivity contribution >= 4 is 0 Å². The summed E-state index contributed by atoms with van der Waals surface area (Å²) < 4.78 is 13.6. The minimum Gasteiger partial charge on any atom is -0.425 e. The first-order chi connectivity index (χ1) is 11.4. The first kappa shape index (κ1) is 15.8. The van der Waals surface area contributed by atoms with E-state index in [4.69, 9.17) is 9.15 Å². The Morgan fingerprint density at radius 2 is 2.17 bits per heavy atom. The molecule has 0 aromatic carbocycles. The third-order valence-corrected chi connectivity index (χ3v) is 5.13. The predicted molar refractivity (Wildman–Crippen MR) is 87.5 cm³/mol. The van der Waals surface area contributed by atoms with Crippen LogP contribution in [-0.4, -0.2) is 51.2 Å². The second-order valence-corrected chi connectivity index (χ2v) is 8.13. The lowest BCUT2D eigenvalue weighted by atomic mass is 9.81. The van der Waals surface area contributed by atoms with E-state index in [1.54, 1.807) is 0 Å². The minimum absolute atomic E-state index is 0.0100. The van der Waals surface area contributed by atoms with Crippen molar-refractivity contribution in [2.45, 2.75) is 45.2 Å². The zero-order valence-corrected chi connectivity index (χ0v) is 14.8. The highest BCUT2D eigenvalue weighted by atomic mass is 16.5. The molecule has 2 saturated heterocycles. The van der Waals surface area contributed by atoms with Crippen LogP contribution in [0.3, 0.4) is 0 Å². The summed E-state index contributed by atoms with van der Waals surface area (Å²) in [5, 5.41) is 12.8. The largest absolute Gasteiger partial charge is 0.425 e. The normalized spacial score (nSPS) is 27.8. The van der Waals surface area contributed by atoms with Crippen LogP contribution in [0.1, 0.15) is 38.1 Å². The van der Waals surface area contributed by atoms with E-state index < -0.39 is 0 Å². The number of hydrogen-bond donors (Lipinski definition) is 0. The van der Waals surface area contributed by atoms with Crippen molar-refractivity contribution in [2.75, 3.05) is 26.3 Å². The maximum Gasteiger partial charge on any atom is 0.226 e. The summed E-state index contributed by atoms with van der Waals surface area (Å²) in [5.41, 5.74) is 1.10. The van der Waals surface area contributed by atoms with Crippen LogP contribution < -0.4 is 0 Å². The standard InChI is InChI=1S/C17H25N5O2/c1-12-19-20-15(24-12)17-10-21(8-14(17)9-23-11-17)6-13-5-18-22(7-13)16(2,3)4/h5,7,14H,6,8-11H2,1-4H3/t14-,17-/m1/s1. The molecule has 2 atom stereocenters. The molecule has 4 heterocycles. The lowest BCUT2D eigenvalue weighted by molar-refractivity contribution is 0.140. The summed E-state index contributed by atoms with van der Waals surface area (Å²) in [5.74, 6) is 1.76. The van der Waals surface area contributed by atoms with Gasteiger partial charge in [0.25, 0.3) is 0 Å². The Morgan fingerprint density at radius 1 is 1.33 bits per heavy atom. The van der Waals surface area contributed by atoms with E-state index in [1.165, 1.54) is 5.56 Å². The smallest absolute Gasteiger partial charge is 0.226 e. The molecule has 2 aromatic rings. The number of aromatic nitrogens is 4. The van der Waals surface area contributed by atoms with E-state index in [1.807, 2.05) is 17.8 Å². The average Bonchev–Trinajstić information content (AvgIpc) is 3.20. The van der Waals surface area contributed by atoms with Crippen molar-refractivity contribution in [3.63, 3.8) is 0 Å². The number of fused-ring (bicyclic) bond motifs is 1. The van der Waals surface area contributed by atoms with Crippen LogP contribution in [0.25, 0.3) is 0 Å². The zero-order chi connectivity index (χ0) is 16.9. The minimum atomic E-state index is -0.152. The van der Waals surface area contributed by atoms with Gasteiger partial charge in [0.2, 0.25) is 11.8 Å². The molecule has 0 bridgehead atoms. The molecule has 4 rings (SSSR count). The van der Waals surface area contributed by atoms with Gasteiger partial charge in [-0.2, -0.15) is 5.10 Å². The summed E-state index contributed by atoms with van der Waals surface area (Å²) in [4.78, 5) is 2.46. The summed E-state index contributed by atoms with van der Waals surface area (Å²) in [7, 11) is 0. The molecule has 0 radical (unpaired) electrons. The highest BCUT2D eigenvalue weighted by Crippen LogP contribution is 2.43. The van der Waals surface area contributed by atoms with E-state index in [0.29, 0.717) is 18.4 Å². The Hall–Kier alpha value is -1.73. The average molecular weight is 331 g/mol. The molecule has 7 heteroatoms. The fourth-order valence-electron chi connectivity index (χ4n) is 3.83. The van der Waals surface area contributed by atoms with Gasteiger partial charge in [-0.05, 0) is 20.8 Å². The summed E-state index contributed by atoms with van der Waals surface area (Å²) in [6.07, 6.45) is 4.12. The van der Waals surface area contributed by atoms with Gasteiger partial charge in [-0.15, -0.1) is 10.2 Å². The van der Waals surface area contributed by atoms with Crippen LogP contribution in [0, 0.1) is 12.8 Å².